The van der Waals surface area contributed by atoms with Crippen LogP contribution in [0, 0.1) is 6.92 Å². The summed E-state index contributed by atoms with van der Waals surface area (Å²) in [5, 5.41) is 0. The van der Waals surface area contributed by atoms with Crippen LogP contribution in [0.15, 0.2) is 24.4 Å². The van der Waals surface area contributed by atoms with Crippen molar-refractivity contribution < 1.29 is 0 Å². The van der Waals surface area contributed by atoms with Crippen molar-refractivity contribution in [1.29, 1.82) is 0 Å². The van der Waals surface area contributed by atoms with Gasteiger partial charge in [0.15, 0.2) is 0 Å². The monoisotopic (exact) mass is 258 g/mol. The molecule has 0 aliphatic heterocycles. The Hall–Kier alpha value is -1.75. The van der Waals surface area contributed by atoms with Gasteiger partial charge in [0.2, 0.25) is 0 Å². The van der Waals surface area contributed by atoms with Crippen molar-refractivity contribution in [2.75, 3.05) is 5.75 Å². The summed E-state index contributed by atoms with van der Waals surface area (Å²) < 4.78 is 0. The number of imidazole rings is 2. The maximum atomic E-state index is 4.39. The first kappa shape index (κ1) is 11.3. The standard InChI is InChI=1S/C13H14N4S/c1-8-15-10-3-2-9(6-11(10)16-8)12-7-14-13(17-12)4-5-18/h2-3,6-7,18H,4-5H2,1H3,(H,14,17)(H,15,16). The molecule has 3 aromatic rings. The summed E-state index contributed by atoms with van der Waals surface area (Å²) in [4.78, 5) is 15.3. The van der Waals surface area contributed by atoms with Crippen molar-refractivity contribution in [3.05, 3.63) is 36.0 Å². The van der Waals surface area contributed by atoms with E-state index in [2.05, 4.69) is 44.7 Å². The van der Waals surface area contributed by atoms with Gasteiger partial charge in [0.05, 0.1) is 22.9 Å². The van der Waals surface area contributed by atoms with Crippen molar-refractivity contribution in [1.82, 2.24) is 19.9 Å². The second-order valence-electron chi connectivity index (χ2n) is 4.27. The maximum Gasteiger partial charge on any atom is 0.107 e. The number of fused-ring (bicyclic) bond motifs is 1. The van der Waals surface area contributed by atoms with E-state index in [0.29, 0.717) is 0 Å². The molecular weight excluding hydrogens is 244 g/mol. The first-order valence-corrected chi connectivity index (χ1v) is 6.51. The minimum atomic E-state index is 0.797. The van der Waals surface area contributed by atoms with Crippen LogP contribution in [0.2, 0.25) is 0 Å². The van der Waals surface area contributed by atoms with Crippen LogP contribution in [-0.4, -0.2) is 25.7 Å². The molecule has 2 aromatic heterocycles. The minimum Gasteiger partial charge on any atom is -0.342 e. The Morgan fingerprint density at radius 1 is 1.28 bits per heavy atom. The summed E-state index contributed by atoms with van der Waals surface area (Å²) in [7, 11) is 0. The van der Waals surface area contributed by atoms with E-state index in [4.69, 9.17) is 0 Å². The van der Waals surface area contributed by atoms with Gasteiger partial charge in [-0.05, 0) is 24.8 Å². The fraction of sp³-hybridized carbons (Fsp3) is 0.231. The summed E-state index contributed by atoms with van der Waals surface area (Å²) in [6.07, 6.45) is 2.72. The van der Waals surface area contributed by atoms with E-state index < -0.39 is 0 Å². The number of aromatic amines is 2. The van der Waals surface area contributed by atoms with Crippen molar-refractivity contribution in [3.8, 4) is 11.3 Å². The molecule has 18 heavy (non-hydrogen) atoms. The molecule has 5 heteroatoms. The molecule has 2 N–H and O–H groups in total. The first-order chi connectivity index (χ1) is 8.76. The molecule has 0 bridgehead atoms. The molecule has 0 aliphatic carbocycles. The highest BCUT2D eigenvalue weighted by atomic mass is 32.1. The molecule has 92 valence electrons. The zero-order chi connectivity index (χ0) is 12.5. The van der Waals surface area contributed by atoms with Gasteiger partial charge in [-0.1, -0.05) is 6.07 Å². The Balaban J connectivity index is 2.01. The zero-order valence-electron chi connectivity index (χ0n) is 10.1. The number of aryl methyl sites for hydroxylation is 2. The van der Waals surface area contributed by atoms with Gasteiger partial charge in [-0.15, -0.1) is 0 Å². The normalized spacial score (nSPS) is 11.2. The van der Waals surface area contributed by atoms with Crippen LogP contribution in [0.4, 0.5) is 0 Å². The largest absolute Gasteiger partial charge is 0.342 e. The van der Waals surface area contributed by atoms with E-state index in [1.54, 1.807) is 0 Å². The lowest BCUT2D eigenvalue weighted by Gasteiger charge is -1.97. The summed E-state index contributed by atoms with van der Waals surface area (Å²) in [5.74, 6) is 2.70. The van der Waals surface area contributed by atoms with Crippen molar-refractivity contribution in [3.63, 3.8) is 0 Å². The predicted molar refractivity (Wildman–Crippen MR) is 76.0 cm³/mol. The average molecular weight is 258 g/mol. The Morgan fingerprint density at radius 3 is 3.00 bits per heavy atom. The highest BCUT2D eigenvalue weighted by molar-refractivity contribution is 7.80. The van der Waals surface area contributed by atoms with E-state index in [0.717, 1.165) is 46.1 Å². The maximum absolute atomic E-state index is 4.39. The summed E-state index contributed by atoms with van der Waals surface area (Å²) in [5.41, 5.74) is 4.19. The molecule has 2 heterocycles. The Morgan fingerprint density at radius 2 is 2.17 bits per heavy atom. The molecular formula is C13H14N4S. The van der Waals surface area contributed by atoms with Crippen LogP contribution in [0.5, 0.6) is 0 Å². The molecule has 0 fully saturated rings. The lowest BCUT2D eigenvalue weighted by Crippen LogP contribution is -1.88. The molecule has 1 aromatic carbocycles. The number of hydrogen-bond donors (Lipinski definition) is 3. The zero-order valence-corrected chi connectivity index (χ0v) is 11.0. The number of nitrogens with one attached hydrogen (secondary N) is 2. The van der Waals surface area contributed by atoms with E-state index >= 15 is 0 Å². The number of H-pyrrole nitrogens is 2. The molecule has 0 amide bonds. The number of nitrogens with zero attached hydrogens (tertiary/aromatic N) is 2. The van der Waals surface area contributed by atoms with Crippen LogP contribution < -0.4 is 0 Å². The first-order valence-electron chi connectivity index (χ1n) is 5.88. The average Bonchev–Trinajstić information content (AvgIpc) is 2.93. The van der Waals surface area contributed by atoms with Gasteiger partial charge in [0.25, 0.3) is 0 Å². The van der Waals surface area contributed by atoms with Gasteiger partial charge < -0.3 is 9.97 Å². The fourth-order valence-corrected chi connectivity index (χ4v) is 2.26. The lowest BCUT2D eigenvalue weighted by atomic mass is 10.1. The lowest BCUT2D eigenvalue weighted by molar-refractivity contribution is 1.00. The molecule has 0 atom stereocenters. The molecule has 0 radical (unpaired) electrons. The number of aromatic nitrogens is 4. The summed E-state index contributed by atoms with van der Waals surface area (Å²) in [6.45, 7) is 1.96. The Bertz CT molecular complexity index is 683. The minimum absolute atomic E-state index is 0.797. The SMILES string of the molecule is Cc1nc2ccc(-c3cnc(CCS)[nH]3)cc2[nH]1. The molecule has 3 rings (SSSR count). The van der Waals surface area contributed by atoms with Gasteiger partial charge in [0, 0.05) is 12.0 Å². The van der Waals surface area contributed by atoms with Gasteiger partial charge in [-0.3, -0.25) is 0 Å². The highest BCUT2D eigenvalue weighted by Gasteiger charge is 2.05. The van der Waals surface area contributed by atoms with Crippen molar-refractivity contribution >= 4 is 23.7 Å². The van der Waals surface area contributed by atoms with E-state index in [9.17, 15) is 0 Å². The second-order valence-corrected chi connectivity index (χ2v) is 4.72. The van der Waals surface area contributed by atoms with E-state index in [1.807, 2.05) is 19.2 Å². The molecule has 0 spiro atoms. The predicted octanol–water partition coefficient (Wildman–Crippen LogP) is 2.73. The van der Waals surface area contributed by atoms with Gasteiger partial charge in [-0.2, -0.15) is 12.6 Å². The van der Waals surface area contributed by atoms with Gasteiger partial charge in [-0.25, -0.2) is 9.97 Å². The van der Waals surface area contributed by atoms with E-state index in [1.165, 1.54) is 0 Å². The number of benzene rings is 1. The van der Waals surface area contributed by atoms with Crippen molar-refractivity contribution in [2.45, 2.75) is 13.3 Å². The van der Waals surface area contributed by atoms with E-state index in [-0.39, 0.29) is 0 Å². The van der Waals surface area contributed by atoms with Crippen LogP contribution in [0.1, 0.15) is 11.6 Å². The van der Waals surface area contributed by atoms with Crippen LogP contribution in [0.3, 0.4) is 0 Å². The van der Waals surface area contributed by atoms with Gasteiger partial charge in [0.1, 0.15) is 11.6 Å². The third-order valence-corrected chi connectivity index (χ3v) is 3.11. The number of hydrogen-bond acceptors (Lipinski definition) is 3. The van der Waals surface area contributed by atoms with Crippen LogP contribution in [0.25, 0.3) is 22.3 Å². The van der Waals surface area contributed by atoms with Gasteiger partial charge >= 0.3 is 0 Å². The smallest absolute Gasteiger partial charge is 0.107 e. The molecule has 0 saturated carbocycles. The summed E-state index contributed by atoms with van der Waals surface area (Å²) in [6, 6.07) is 6.17. The number of thiol groups is 1. The third-order valence-electron chi connectivity index (χ3n) is 2.89. The molecule has 0 saturated heterocycles. The quantitative estimate of drug-likeness (QED) is 0.633. The van der Waals surface area contributed by atoms with Crippen LogP contribution >= 0.6 is 12.6 Å². The highest BCUT2D eigenvalue weighted by Crippen LogP contribution is 2.22. The van der Waals surface area contributed by atoms with Crippen molar-refractivity contribution in [2.24, 2.45) is 0 Å². The molecule has 0 aliphatic rings. The molecule has 0 unspecified atom stereocenters. The second kappa shape index (κ2) is 4.49. The Kier molecular flexibility index (Phi) is 2.83. The fourth-order valence-electron chi connectivity index (χ4n) is 2.05. The van der Waals surface area contributed by atoms with Crippen LogP contribution in [-0.2, 0) is 6.42 Å². The molecule has 4 nitrogen and oxygen atoms in total. The topological polar surface area (TPSA) is 57.4 Å². The summed E-state index contributed by atoms with van der Waals surface area (Å²) >= 11 is 4.21. The third kappa shape index (κ3) is 2.01. The number of rotatable bonds is 3. The Labute approximate surface area is 110 Å².